The van der Waals surface area contributed by atoms with Crippen LogP contribution in [0.2, 0.25) is 5.02 Å². The molecule has 3 aromatic rings. The lowest BCUT2D eigenvalue weighted by atomic mass is 10.0. The maximum absolute atomic E-state index is 13.5. The third kappa shape index (κ3) is 4.64. The van der Waals surface area contributed by atoms with Crippen molar-refractivity contribution in [1.29, 1.82) is 0 Å². The zero-order chi connectivity index (χ0) is 23.5. The van der Waals surface area contributed by atoms with Gasteiger partial charge in [-0.1, -0.05) is 61.8 Å². The van der Waals surface area contributed by atoms with Crippen molar-refractivity contribution in [3.8, 4) is 5.75 Å². The van der Waals surface area contributed by atoms with Gasteiger partial charge in [-0.3, -0.25) is 9.59 Å². The molecule has 168 valence electrons. The zero-order valence-electron chi connectivity index (χ0n) is 18.8. The predicted molar refractivity (Wildman–Crippen MR) is 132 cm³/mol. The van der Waals surface area contributed by atoms with Crippen LogP contribution in [0.15, 0.2) is 78.5 Å². The first-order valence-corrected chi connectivity index (χ1v) is 11.2. The molecule has 0 aliphatic carbocycles. The van der Waals surface area contributed by atoms with E-state index >= 15 is 0 Å². The summed E-state index contributed by atoms with van der Waals surface area (Å²) in [6.45, 7) is 6.62. The van der Waals surface area contributed by atoms with E-state index in [2.05, 4.69) is 19.2 Å². The molecule has 6 heteroatoms. The summed E-state index contributed by atoms with van der Waals surface area (Å²) in [5, 5.41) is 3.76. The van der Waals surface area contributed by atoms with Gasteiger partial charge in [-0.15, -0.1) is 0 Å². The minimum Gasteiger partial charge on any atom is -0.493 e. The first-order valence-electron chi connectivity index (χ1n) is 10.8. The first kappa shape index (κ1) is 22.6. The number of halogens is 1. The quantitative estimate of drug-likeness (QED) is 0.434. The van der Waals surface area contributed by atoms with Crippen molar-refractivity contribution in [3.63, 3.8) is 0 Å². The van der Waals surface area contributed by atoms with Crippen LogP contribution < -0.4 is 15.0 Å². The van der Waals surface area contributed by atoms with E-state index in [9.17, 15) is 9.59 Å². The largest absolute Gasteiger partial charge is 0.493 e. The molecule has 5 nitrogen and oxygen atoms in total. The van der Waals surface area contributed by atoms with E-state index in [0.717, 1.165) is 5.56 Å². The number of hydrogen-bond acceptors (Lipinski definition) is 4. The highest BCUT2D eigenvalue weighted by Gasteiger charge is 2.40. The van der Waals surface area contributed by atoms with Crippen molar-refractivity contribution in [2.24, 2.45) is 5.92 Å². The zero-order valence-corrected chi connectivity index (χ0v) is 19.5. The smallest absolute Gasteiger partial charge is 0.282 e. The molecule has 0 unspecified atom stereocenters. The van der Waals surface area contributed by atoms with Gasteiger partial charge in [0, 0.05) is 10.7 Å². The van der Waals surface area contributed by atoms with Crippen LogP contribution in [-0.2, 0) is 9.59 Å². The molecule has 0 bridgehead atoms. The minimum atomic E-state index is -0.416. The molecule has 3 aromatic carbocycles. The third-order valence-electron chi connectivity index (χ3n) is 5.35. The number of amides is 2. The number of hydrogen-bond donors (Lipinski definition) is 1. The fourth-order valence-electron chi connectivity index (χ4n) is 3.58. The van der Waals surface area contributed by atoms with Gasteiger partial charge in [0.05, 0.1) is 17.9 Å². The molecular formula is C27H25ClN2O3. The molecule has 1 aliphatic rings. The second kappa shape index (κ2) is 9.51. The van der Waals surface area contributed by atoms with Gasteiger partial charge < -0.3 is 10.1 Å². The van der Waals surface area contributed by atoms with Crippen molar-refractivity contribution in [1.82, 2.24) is 0 Å². The van der Waals surface area contributed by atoms with Gasteiger partial charge in [-0.05, 0) is 60.4 Å². The second-order valence-corrected chi connectivity index (χ2v) is 8.71. The average Bonchev–Trinajstić information content (AvgIpc) is 3.05. The standard InChI is InChI=1S/C27H25ClN2O3/c1-17(2)16-33-21-14-12-19(13-15-21)24-25(29-23-11-7-10-22(28)18(23)3)27(32)30(26(24)31)20-8-5-4-6-9-20/h4-15,17,29H,16H2,1-3H3. The second-order valence-electron chi connectivity index (χ2n) is 8.30. The van der Waals surface area contributed by atoms with Crippen LogP contribution in [0, 0.1) is 12.8 Å². The lowest BCUT2D eigenvalue weighted by molar-refractivity contribution is -0.120. The van der Waals surface area contributed by atoms with E-state index in [1.54, 1.807) is 48.5 Å². The molecule has 33 heavy (non-hydrogen) atoms. The summed E-state index contributed by atoms with van der Waals surface area (Å²) in [6.07, 6.45) is 0. The molecule has 0 atom stereocenters. The number of nitrogens with zero attached hydrogens (tertiary/aromatic N) is 1. The van der Waals surface area contributed by atoms with E-state index < -0.39 is 5.91 Å². The summed E-state index contributed by atoms with van der Waals surface area (Å²) in [5.74, 6) is 0.312. The molecule has 0 fully saturated rings. The Morgan fingerprint density at radius 3 is 2.27 bits per heavy atom. The monoisotopic (exact) mass is 460 g/mol. The SMILES string of the molecule is Cc1c(Cl)cccc1NC1=C(c2ccc(OCC(C)C)cc2)C(=O)N(c2ccccc2)C1=O. The average molecular weight is 461 g/mol. The number of ether oxygens (including phenoxy) is 1. The Balaban J connectivity index is 1.76. The molecule has 1 heterocycles. The maximum Gasteiger partial charge on any atom is 0.282 e. The predicted octanol–water partition coefficient (Wildman–Crippen LogP) is 6.08. The van der Waals surface area contributed by atoms with E-state index in [1.807, 2.05) is 31.2 Å². The summed E-state index contributed by atoms with van der Waals surface area (Å²) in [7, 11) is 0. The molecule has 0 saturated carbocycles. The van der Waals surface area contributed by atoms with Crippen LogP contribution in [0.1, 0.15) is 25.0 Å². The van der Waals surface area contributed by atoms with Gasteiger partial charge in [0.2, 0.25) is 0 Å². The van der Waals surface area contributed by atoms with Crippen molar-refractivity contribution in [2.75, 3.05) is 16.8 Å². The molecule has 4 rings (SSSR count). The van der Waals surface area contributed by atoms with E-state index in [-0.39, 0.29) is 11.6 Å². The van der Waals surface area contributed by atoms with E-state index in [4.69, 9.17) is 16.3 Å². The van der Waals surface area contributed by atoms with E-state index in [1.165, 1.54) is 4.90 Å². The normalized spacial score (nSPS) is 13.8. The lowest BCUT2D eigenvalue weighted by Crippen LogP contribution is -2.32. The van der Waals surface area contributed by atoms with Crippen LogP contribution in [0.25, 0.3) is 5.57 Å². The number of carbonyl (C=O) groups is 2. The fourth-order valence-corrected chi connectivity index (χ4v) is 3.76. The Bertz CT molecular complexity index is 1220. The van der Waals surface area contributed by atoms with Crippen LogP contribution >= 0.6 is 11.6 Å². The Kier molecular flexibility index (Phi) is 6.52. The Morgan fingerprint density at radius 2 is 1.61 bits per heavy atom. The molecule has 2 amide bonds. The summed E-state index contributed by atoms with van der Waals surface area (Å²) in [5.41, 5.74) is 3.13. The van der Waals surface area contributed by atoms with Crippen molar-refractivity contribution >= 4 is 40.4 Å². The van der Waals surface area contributed by atoms with Gasteiger partial charge in [0.15, 0.2) is 0 Å². The van der Waals surface area contributed by atoms with Gasteiger partial charge in [0.25, 0.3) is 11.8 Å². The summed E-state index contributed by atoms with van der Waals surface area (Å²) in [6, 6.07) is 21.6. The minimum absolute atomic E-state index is 0.213. The molecular weight excluding hydrogens is 436 g/mol. The van der Waals surface area contributed by atoms with Crippen molar-refractivity contribution in [2.45, 2.75) is 20.8 Å². The van der Waals surface area contributed by atoms with Crippen molar-refractivity contribution in [3.05, 3.63) is 94.6 Å². The third-order valence-corrected chi connectivity index (χ3v) is 5.76. The van der Waals surface area contributed by atoms with Crippen LogP contribution in [0.3, 0.4) is 0 Å². The van der Waals surface area contributed by atoms with Gasteiger partial charge in [-0.25, -0.2) is 4.90 Å². The number of para-hydroxylation sites is 1. The van der Waals surface area contributed by atoms with Crippen molar-refractivity contribution < 1.29 is 14.3 Å². The number of carbonyl (C=O) groups excluding carboxylic acids is 2. The fraction of sp³-hybridized carbons (Fsp3) is 0.185. The Morgan fingerprint density at radius 1 is 0.909 bits per heavy atom. The lowest BCUT2D eigenvalue weighted by Gasteiger charge is -2.15. The molecule has 0 aromatic heterocycles. The van der Waals surface area contributed by atoms with Gasteiger partial charge >= 0.3 is 0 Å². The number of rotatable bonds is 7. The topological polar surface area (TPSA) is 58.6 Å². The number of anilines is 2. The summed E-state index contributed by atoms with van der Waals surface area (Å²) >= 11 is 6.28. The van der Waals surface area contributed by atoms with E-state index in [0.29, 0.717) is 45.8 Å². The molecule has 0 radical (unpaired) electrons. The number of imide groups is 1. The number of benzene rings is 3. The Hall–Kier alpha value is -3.57. The highest BCUT2D eigenvalue weighted by Crippen LogP contribution is 2.35. The van der Waals surface area contributed by atoms with Crippen LogP contribution in [0.4, 0.5) is 11.4 Å². The molecule has 0 spiro atoms. The number of nitrogens with one attached hydrogen (secondary N) is 1. The van der Waals surface area contributed by atoms with Crippen LogP contribution in [-0.4, -0.2) is 18.4 Å². The Labute approximate surface area is 198 Å². The highest BCUT2D eigenvalue weighted by molar-refractivity contribution is 6.46. The van der Waals surface area contributed by atoms with Crippen LogP contribution in [0.5, 0.6) is 5.75 Å². The first-order chi connectivity index (χ1) is 15.9. The highest BCUT2D eigenvalue weighted by atomic mass is 35.5. The van der Waals surface area contributed by atoms with Gasteiger partial charge in [0.1, 0.15) is 11.4 Å². The summed E-state index contributed by atoms with van der Waals surface area (Å²) < 4.78 is 5.77. The van der Waals surface area contributed by atoms with Gasteiger partial charge in [-0.2, -0.15) is 0 Å². The summed E-state index contributed by atoms with van der Waals surface area (Å²) in [4.78, 5) is 28.2. The molecule has 1 aliphatic heterocycles. The molecule has 0 saturated heterocycles. The molecule has 1 N–H and O–H groups in total. The maximum atomic E-state index is 13.5.